The average Bonchev–Trinajstić information content (AvgIpc) is 2.32. The molecular weight excluding hydrogens is 216 g/mol. The Morgan fingerprint density at radius 2 is 1.88 bits per heavy atom. The van der Waals surface area contributed by atoms with Crippen LogP contribution in [0.5, 0.6) is 0 Å². The normalized spacial score (nSPS) is 56.6. The zero-order chi connectivity index (χ0) is 12.4. The van der Waals surface area contributed by atoms with E-state index in [0.717, 1.165) is 12.8 Å². The van der Waals surface area contributed by atoms with Crippen molar-refractivity contribution in [3.05, 3.63) is 0 Å². The summed E-state index contributed by atoms with van der Waals surface area (Å²) >= 11 is 0. The van der Waals surface area contributed by atoms with Gasteiger partial charge in [-0.3, -0.25) is 0 Å². The molecule has 2 aliphatic heterocycles. The largest absolute Gasteiger partial charge is 0.390 e. The molecule has 2 bridgehead atoms. The van der Waals surface area contributed by atoms with Gasteiger partial charge in [-0.05, 0) is 49.9 Å². The maximum atomic E-state index is 10.5. The van der Waals surface area contributed by atoms with Gasteiger partial charge in [0.1, 0.15) is 5.60 Å². The van der Waals surface area contributed by atoms with Crippen molar-refractivity contribution in [1.82, 2.24) is 0 Å². The van der Waals surface area contributed by atoms with Crippen LogP contribution in [0.3, 0.4) is 0 Å². The van der Waals surface area contributed by atoms with Crippen molar-refractivity contribution in [1.29, 1.82) is 0 Å². The first-order valence-corrected chi connectivity index (χ1v) is 6.88. The lowest BCUT2D eigenvalue weighted by Crippen LogP contribution is -2.60. The fourth-order valence-electron chi connectivity index (χ4n) is 4.29. The van der Waals surface area contributed by atoms with Crippen LogP contribution in [0.25, 0.3) is 0 Å². The fourth-order valence-corrected chi connectivity index (χ4v) is 4.29. The van der Waals surface area contributed by atoms with E-state index in [1.807, 2.05) is 0 Å². The van der Waals surface area contributed by atoms with Gasteiger partial charge in [-0.2, -0.15) is 0 Å². The molecule has 6 atom stereocenters. The number of hydrogen-bond acceptors (Lipinski definition) is 3. The maximum absolute atomic E-state index is 10.5. The van der Waals surface area contributed by atoms with Crippen LogP contribution < -0.4 is 0 Å². The summed E-state index contributed by atoms with van der Waals surface area (Å²) in [5.41, 5.74) is -0.693. The molecule has 3 nitrogen and oxygen atoms in total. The quantitative estimate of drug-likeness (QED) is 0.677. The van der Waals surface area contributed by atoms with Gasteiger partial charge in [0, 0.05) is 0 Å². The smallest absolute Gasteiger partial charge is 0.114 e. The molecule has 0 aromatic heterocycles. The van der Waals surface area contributed by atoms with E-state index in [9.17, 15) is 10.2 Å². The van der Waals surface area contributed by atoms with Crippen molar-refractivity contribution in [2.24, 2.45) is 17.3 Å². The lowest BCUT2D eigenvalue weighted by Gasteiger charge is -2.59. The second-order valence-electron chi connectivity index (χ2n) is 7.18. The minimum atomic E-state index is -1.08. The Labute approximate surface area is 103 Å². The van der Waals surface area contributed by atoms with Crippen LogP contribution in [0.1, 0.15) is 46.5 Å². The number of aliphatic hydroxyl groups excluding tert-OH is 1. The third-order valence-corrected chi connectivity index (χ3v) is 5.62. The molecule has 0 aromatic rings. The van der Waals surface area contributed by atoms with Crippen LogP contribution in [0.4, 0.5) is 0 Å². The summed E-state index contributed by atoms with van der Waals surface area (Å²) in [6.07, 6.45) is 3.12. The Balaban J connectivity index is 1.88. The topological polar surface area (TPSA) is 49.7 Å². The zero-order valence-corrected chi connectivity index (χ0v) is 11.0. The van der Waals surface area contributed by atoms with E-state index in [4.69, 9.17) is 4.74 Å². The first kappa shape index (κ1) is 11.9. The molecule has 2 N–H and O–H groups in total. The SMILES string of the molecule is CC1(C)C[C@H]2[C@H]3CC[C@H](O)[C@@](C)(O)[C@@H](C[C@@H]21)O3. The van der Waals surface area contributed by atoms with Crippen LogP contribution >= 0.6 is 0 Å². The lowest BCUT2D eigenvalue weighted by atomic mass is 9.51. The molecule has 0 aromatic carbocycles. The number of ether oxygens (including phenoxy) is 1. The molecule has 0 radical (unpaired) electrons. The standard InChI is InChI=1S/C14H24O3/c1-13(2)7-8-9(13)6-12-14(3,16)11(15)5-4-10(8)17-12/h8-12,15-16H,4-7H2,1-3H3/t8-,9+,10-,11+,12-,14-/m1/s1. The molecule has 2 heterocycles. The van der Waals surface area contributed by atoms with Crippen molar-refractivity contribution >= 4 is 0 Å². The highest BCUT2D eigenvalue weighted by atomic mass is 16.5. The molecule has 3 heteroatoms. The Kier molecular flexibility index (Phi) is 2.43. The second-order valence-corrected chi connectivity index (χ2v) is 7.18. The average molecular weight is 240 g/mol. The molecule has 1 aliphatic carbocycles. The van der Waals surface area contributed by atoms with E-state index in [0.29, 0.717) is 23.7 Å². The number of fused-ring (bicyclic) bond motifs is 4. The van der Waals surface area contributed by atoms with Gasteiger partial charge < -0.3 is 14.9 Å². The molecule has 3 rings (SSSR count). The molecule has 0 amide bonds. The Hall–Kier alpha value is -0.120. The number of rotatable bonds is 0. The fraction of sp³-hybridized carbons (Fsp3) is 1.00. The van der Waals surface area contributed by atoms with Gasteiger partial charge in [0.15, 0.2) is 0 Å². The van der Waals surface area contributed by atoms with Gasteiger partial charge >= 0.3 is 0 Å². The second kappa shape index (κ2) is 3.46. The van der Waals surface area contributed by atoms with Crippen molar-refractivity contribution in [3.8, 4) is 0 Å². The highest BCUT2D eigenvalue weighted by Crippen LogP contribution is 2.59. The van der Waals surface area contributed by atoms with Gasteiger partial charge in [0.2, 0.25) is 0 Å². The van der Waals surface area contributed by atoms with E-state index in [1.165, 1.54) is 6.42 Å². The summed E-state index contributed by atoms with van der Waals surface area (Å²) in [5, 5.41) is 20.5. The molecule has 98 valence electrons. The van der Waals surface area contributed by atoms with Gasteiger partial charge in [-0.1, -0.05) is 13.8 Å². The molecule has 0 spiro atoms. The van der Waals surface area contributed by atoms with E-state index < -0.39 is 11.7 Å². The molecule has 0 unspecified atom stereocenters. The van der Waals surface area contributed by atoms with Crippen LogP contribution in [0.2, 0.25) is 0 Å². The molecule has 17 heavy (non-hydrogen) atoms. The van der Waals surface area contributed by atoms with Crippen molar-refractivity contribution in [2.75, 3.05) is 0 Å². The first-order chi connectivity index (χ1) is 7.82. The lowest BCUT2D eigenvalue weighted by molar-refractivity contribution is -0.236. The van der Waals surface area contributed by atoms with E-state index in [-0.39, 0.29) is 12.2 Å². The summed E-state index contributed by atoms with van der Waals surface area (Å²) in [6.45, 7) is 6.37. The third kappa shape index (κ3) is 1.59. The highest BCUT2D eigenvalue weighted by molar-refractivity contribution is 5.08. The van der Waals surface area contributed by atoms with Gasteiger partial charge in [0.25, 0.3) is 0 Å². The first-order valence-electron chi connectivity index (χ1n) is 6.88. The predicted molar refractivity (Wildman–Crippen MR) is 64.5 cm³/mol. The van der Waals surface area contributed by atoms with Gasteiger partial charge in [-0.15, -0.1) is 0 Å². The maximum Gasteiger partial charge on any atom is 0.114 e. The predicted octanol–water partition coefficient (Wildman–Crippen LogP) is 1.71. The van der Waals surface area contributed by atoms with Crippen LogP contribution in [-0.4, -0.2) is 34.1 Å². The third-order valence-electron chi connectivity index (χ3n) is 5.62. The van der Waals surface area contributed by atoms with Gasteiger partial charge in [-0.25, -0.2) is 0 Å². The molecular formula is C14H24O3. The molecule has 2 saturated heterocycles. The minimum absolute atomic E-state index is 0.189. The molecule has 1 saturated carbocycles. The Morgan fingerprint density at radius 3 is 2.53 bits per heavy atom. The van der Waals surface area contributed by atoms with Crippen molar-refractivity contribution in [2.45, 2.75) is 70.4 Å². The summed E-state index contributed by atoms with van der Waals surface area (Å²) in [4.78, 5) is 0. The van der Waals surface area contributed by atoms with E-state index >= 15 is 0 Å². The van der Waals surface area contributed by atoms with Crippen LogP contribution in [0, 0.1) is 17.3 Å². The van der Waals surface area contributed by atoms with Crippen LogP contribution in [-0.2, 0) is 4.74 Å². The summed E-state index contributed by atoms with van der Waals surface area (Å²) in [5.74, 6) is 1.31. The molecule has 3 fully saturated rings. The Bertz CT molecular complexity index is 323. The summed E-state index contributed by atoms with van der Waals surface area (Å²) in [7, 11) is 0. The van der Waals surface area contributed by atoms with E-state index in [2.05, 4.69) is 13.8 Å². The monoisotopic (exact) mass is 240 g/mol. The summed E-state index contributed by atoms with van der Waals surface area (Å²) in [6, 6.07) is 0. The zero-order valence-electron chi connectivity index (χ0n) is 11.0. The van der Waals surface area contributed by atoms with E-state index in [1.54, 1.807) is 6.92 Å². The van der Waals surface area contributed by atoms with Crippen LogP contribution in [0.15, 0.2) is 0 Å². The Morgan fingerprint density at radius 1 is 1.18 bits per heavy atom. The van der Waals surface area contributed by atoms with Crippen molar-refractivity contribution in [3.63, 3.8) is 0 Å². The number of aliphatic hydroxyl groups is 2. The van der Waals surface area contributed by atoms with Gasteiger partial charge in [0.05, 0.1) is 18.3 Å². The number of hydrogen-bond donors (Lipinski definition) is 2. The highest BCUT2D eigenvalue weighted by Gasteiger charge is 2.58. The minimum Gasteiger partial charge on any atom is -0.390 e. The van der Waals surface area contributed by atoms with Crippen molar-refractivity contribution < 1.29 is 14.9 Å². The summed E-state index contributed by atoms with van der Waals surface area (Å²) < 4.78 is 6.05. The molecule has 3 aliphatic rings.